The predicted octanol–water partition coefficient (Wildman–Crippen LogP) is 1.92. The van der Waals surface area contributed by atoms with Gasteiger partial charge in [-0.2, -0.15) is 5.10 Å². The monoisotopic (exact) mass is 260 g/mol. The molecule has 1 amide bonds. The molecule has 5 nitrogen and oxygen atoms in total. The molecular formula is C12H12N4OS. The number of carbonyl (C=O) groups is 1. The van der Waals surface area contributed by atoms with Gasteiger partial charge in [-0.15, -0.1) is 5.10 Å². The van der Waals surface area contributed by atoms with E-state index in [1.807, 2.05) is 31.2 Å². The van der Waals surface area contributed by atoms with Crippen molar-refractivity contribution in [3.05, 3.63) is 46.0 Å². The Balaban J connectivity index is 2.00. The van der Waals surface area contributed by atoms with E-state index in [9.17, 15) is 4.79 Å². The number of aryl methyl sites for hydroxylation is 2. The minimum atomic E-state index is -0.286. The Kier molecular flexibility index (Phi) is 3.78. The van der Waals surface area contributed by atoms with Crippen LogP contribution in [0.5, 0.6) is 0 Å². The number of carbonyl (C=O) groups excluding carboxylic acids is 1. The molecule has 0 aliphatic heterocycles. The van der Waals surface area contributed by atoms with Gasteiger partial charge >= 0.3 is 0 Å². The van der Waals surface area contributed by atoms with Crippen molar-refractivity contribution < 1.29 is 4.79 Å². The number of benzene rings is 1. The highest BCUT2D eigenvalue weighted by Crippen LogP contribution is 2.08. The molecule has 0 fully saturated rings. The van der Waals surface area contributed by atoms with Crippen LogP contribution in [-0.4, -0.2) is 21.7 Å². The summed E-state index contributed by atoms with van der Waals surface area (Å²) >= 11 is 1.06. The van der Waals surface area contributed by atoms with E-state index in [0.29, 0.717) is 10.6 Å². The molecular weight excluding hydrogens is 248 g/mol. The molecule has 0 bridgehead atoms. The molecule has 0 aliphatic rings. The van der Waals surface area contributed by atoms with Gasteiger partial charge in [0.25, 0.3) is 5.91 Å². The summed E-state index contributed by atoms with van der Waals surface area (Å²) in [4.78, 5) is 12.2. The van der Waals surface area contributed by atoms with Crippen molar-refractivity contribution >= 4 is 23.7 Å². The molecule has 0 atom stereocenters. The Morgan fingerprint density at radius 3 is 2.94 bits per heavy atom. The molecule has 1 heterocycles. The fraction of sp³-hybridized carbons (Fsp3) is 0.167. The highest BCUT2D eigenvalue weighted by molar-refractivity contribution is 7.07. The summed E-state index contributed by atoms with van der Waals surface area (Å²) in [7, 11) is 0. The van der Waals surface area contributed by atoms with Gasteiger partial charge in [-0.3, -0.25) is 4.79 Å². The maximum Gasteiger partial charge on any atom is 0.285 e. The minimum absolute atomic E-state index is 0.286. The molecule has 0 aliphatic carbocycles. The van der Waals surface area contributed by atoms with Gasteiger partial charge in [-0.05, 0) is 30.9 Å². The molecule has 2 rings (SSSR count). The molecule has 92 valence electrons. The number of hydrazone groups is 1. The van der Waals surface area contributed by atoms with Gasteiger partial charge in [0, 0.05) is 0 Å². The number of hydrogen-bond acceptors (Lipinski definition) is 5. The van der Waals surface area contributed by atoms with E-state index in [0.717, 1.165) is 22.7 Å². The topological polar surface area (TPSA) is 67.2 Å². The van der Waals surface area contributed by atoms with Crippen LogP contribution in [0, 0.1) is 13.8 Å². The van der Waals surface area contributed by atoms with Gasteiger partial charge in [0.05, 0.1) is 11.9 Å². The Morgan fingerprint density at radius 1 is 1.44 bits per heavy atom. The summed E-state index contributed by atoms with van der Waals surface area (Å²) < 4.78 is 3.70. The van der Waals surface area contributed by atoms with Crippen LogP contribution in [-0.2, 0) is 0 Å². The SMILES string of the molecule is Cc1cccc(/C=N\NC(=O)c2snnc2C)c1. The van der Waals surface area contributed by atoms with Crippen LogP contribution in [0.1, 0.15) is 26.5 Å². The normalized spacial score (nSPS) is 10.8. The summed E-state index contributed by atoms with van der Waals surface area (Å²) in [5.74, 6) is -0.286. The smallest absolute Gasteiger partial charge is 0.266 e. The molecule has 1 aromatic carbocycles. The lowest BCUT2D eigenvalue weighted by Crippen LogP contribution is -2.17. The molecule has 0 spiro atoms. The lowest BCUT2D eigenvalue weighted by atomic mass is 10.2. The first-order valence-electron chi connectivity index (χ1n) is 5.36. The molecule has 1 aromatic heterocycles. The highest BCUT2D eigenvalue weighted by atomic mass is 32.1. The third-order valence-corrected chi connectivity index (χ3v) is 3.11. The standard InChI is InChI=1S/C12H12N4OS/c1-8-4-3-5-10(6-8)7-13-15-12(17)11-9(2)14-16-18-11/h3-7H,1-2H3,(H,15,17)/b13-7-. The van der Waals surface area contributed by atoms with E-state index < -0.39 is 0 Å². The average Bonchev–Trinajstić information content (AvgIpc) is 2.75. The van der Waals surface area contributed by atoms with Crippen molar-refractivity contribution in [2.45, 2.75) is 13.8 Å². The van der Waals surface area contributed by atoms with Crippen LogP contribution in [0.2, 0.25) is 0 Å². The number of rotatable bonds is 3. The Bertz CT molecular complexity index is 591. The number of amides is 1. The zero-order chi connectivity index (χ0) is 13.0. The second-order valence-electron chi connectivity index (χ2n) is 3.80. The summed E-state index contributed by atoms with van der Waals surface area (Å²) in [5.41, 5.74) is 5.15. The molecule has 6 heteroatoms. The zero-order valence-electron chi connectivity index (χ0n) is 10.0. The first kappa shape index (κ1) is 12.4. The Morgan fingerprint density at radius 2 is 2.28 bits per heavy atom. The second kappa shape index (κ2) is 5.50. The third kappa shape index (κ3) is 2.98. The summed E-state index contributed by atoms with van der Waals surface area (Å²) in [5, 5.41) is 7.68. The van der Waals surface area contributed by atoms with Gasteiger partial charge in [-0.1, -0.05) is 34.3 Å². The maximum absolute atomic E-state index is 11.7. The molecule has 0 saturated carbocycles. The first-order valence-corrected chi connectivity index (χ1v) is 6.13. The van der Waals surface area contributed by atoms with Gasteiger partial charge in [0.15, 0.2) is 0 Å². The van der Waals surface area contributed by atoms with E-state index in [4.69, 9.17) is 0 Å². The van der Waals surface area contributed by atoms with Crippen LogP contribution in [0.3, 0.4) is 0 Å². The number of nitrogens with zero attached hydrogens (tertiary/aromatic N) is 3. The van der Waals surface area contributed by atoms with E-state index in [-0.39, 0.29) is 5.91 Å². The predicted molar refractivity (Wildman–Crippen MR) is 70.9 cm³/mol. The van der Waals surface area contributed by atoms with Crippen LogP contribution in [0.25, 0.3) is 0 Å². The van der Waals surface area contributed by atoms with Gasteiger partial charge in [-0.25, -0.2) is 5.43 Å². The maximum atomic E-state index is 11.7. The van der Waals surface area contributed by atoms with Crippen molar-refractivity contribution in [2.75, 3.05) is 0 Å². The van der Waals surface area contributed by atoms with Gasteiger partial charge < -0.3 is 0 Å². The van der Waals surface area contributed by atoms with Gasteiger partial charge in [0.1, 0.15) is 4.88 Å². The Labute approximate surface area is 109 Å². The highest BCUT2D eigenvalue weighted by Gasteiger charge is 2.11. The fourth-order valence-corrected chi connectivity index (χ4v) is 1.95. The summed E-state index contributed by atoms with van der Waals surface area (Å²) in [6, 6.07) is 7.84. The quantitative estimate of drug-likeness (QED) is 0.677. The lowest BCUT2D eigenvalue weighted by molar-refractivity contribution is 0.0958. The minimum Gasteiger partial charge on any atom is -0.266 e. The van der Waals surface area contributed by atoms with E-state index in [1.54, 1.807) is 13.1 Å². The summed E-state index contributed by atoms with van der Waals surface area (Å²) in [6.45, 7) is 3.74. The second-order valence-corrected chi connectivity index (χ2v) is 4.55. The fourth-order valence-electron chi connectivity index (χ4n) is 1.41. The number of hydrogen-bond donors (Lipinski definition) is 1. The van der Waals surface area contributed by atoms with Crippen LogP contribution < -0.4 is 5.43 Å². The Hall–Kier alpha value is -2.08. The van der Waals surface area contributed by atoms with Crippen molar-refractivity contribution in [2.24, 2.45) is 5.10 Å². The van der Waals surface area contributed by atoms with Gasteiger partial charge in [0.2, 0.25) is 0 Å². The van der Waals surface area contributed by atoms with E-state index in [2.05, 4.69) is 20.1 Å². The molecule has 0 radical (unpaired) electrons. The van der Waals surface area contributed by atoms with Crippen molar-refractivity contribution in [1.29, 1.82) is 0 Å². The zero-order valence-corrected chi connectivity index (χ0v) is 10.9. The summed E-state index contributed by atoms with van der Waals surface area (Å²) in [6.07, 6.45) is 1.61. The van der Waals surface area contributed by atoms with Crippen LogP contribution in [0.15, 0.2) is 29.4 Å². The largest absolute Gasteiger partial charge is 0.285 e. The molecule has 0 saturated heterocycles. The molecule has 0 unspecified atom stereocenters. The number of nitrogens with one attached hydrogen (secondary N) is 1. The molecule has 2 aromatic rings. The van der Waals surface area contributed by atoms with Crippen LogP contribution >= 0.6 is 11.5 Å². The van der Waals surface area contributed by atoms with Crippen molar-refractivity contribution in [3.63, 3.8) is 0 Å². The van der Waals surface area contributed by atoms with Crippen molar-refractivity contribution in [3.8, 4) is 0 Å². The van der Waals surface area contributed by atoms with Crippen LogP contribution in [0.4, 0.5) is 0 Å². The van der Waals surface area contributed by atoms with Crippen molar-refractivity contribution in [1.82, 2.24) is 15.0 Å². The lowest BCUT2D eigenvalue weighted by Gasteiger charge is -1.97. The first-order chi connectivity index (χ1) is 8.66. The molecule has 18 heavy (non-hydrogen) atoms. The molecule has 1 N–H and O–H groups in total. The number of aromatic nitrogens is 2. The van der Waals surface area contributed by atoms with E-state index in [1.165, 1.54) is 0 Å². The third-order valence-electron chi connectivity index (χ3n) is 2.28. The average molecular weight is 260 g/mol. The van der Waals surface area contributed by atoms with E-state index >= 15 is 0 Å².